The molecule has 4 nitrogen and oxygen atoms in total. The quantitative estimate of drug-likeness (QED) is 0.458. The van der Waals surface area contributed by atoms with E-state index in [1.165, 1.54) is 11.1 Å². The molecule has 32 heavy (non-hydrogen) atoms. The van der Waals surface area contributed by atoms with E-state index in [1.807, 2.05) is 29.2 Å². The number of benzene rings is 1. The number of carbonyl (C=O) groups excluding carboxylic acids is 1. The number of allylic oxidation sites excluding steroid dienone is 2. The third-order valence-corrected chi connectivity index (χ3v) is 7.81. The summed E-state index contributed by atoms with van der Waals surface area (Å²) in [5, 5.41) is 21.1. The first-order valence-electron chi connectivity index (χ1n) is 12.0. The Labute approximate surface area is 197 Å². The van der Waals surface area contributed by atoms with Crippen LogP contribution in [-0.4, -0.2) is 51.2 Å². The zero-order valence-corrected chi connectivity index (χ0v) is 19.8. The van der Waals surface area contributed by atoms with Gasteiger partial charge in [-0.1, -0.05) is 60.3 Å². The highest BCUT2D eigenvalue weighted by Gasteiger charge is 2.43. The molecule has 5 heteroatoms. The van der Waals surface area contributed by atoms with E-state index in [2.05, 4.69) is 25.1 Å². The van der Waals surface area contributed by atoms with E-state index in [4.69, 9.17) is 12.2 Å². The predicted molar refractivity (Wildman–Crippen MR) is 131 cm³/mol. The van der Waals surface area contributed by atoms with Crippen molar-refractivity contribution >= 4 is 23.0 Å². The van der Waals surface area contributed by atoms with Gasteiger partial charge < -0.3 is 15.1 Å². The number of fused-ring (bicyclic) bond motifs is 1. The Morgan fingerprint density at radius 3 is 2.81 bits per heavy atom. The molecule has 5 atom stereocenters. The van der Waals surface area contributed by atoms with E-state index >= 15 is 0 Å². The van der Waals surface area contributed by atoms with Crippen LogP contribution in [0.25, 0.3) is 0 Å². The average molecular weight is 454 g/mol. The zero-order chi connectivity index (χ0) is 22.7. The van der Waals surface area contributed by atoms with E-state index in [-0.39, 0.29) is 17.9 Å². The van der Waals surface area contributed by atoms with Crippen molar-refractivity contribution in [3.63, 3.8) is 0 Å². The largest absolute Gasteiger partial charge is 0.392 e. The molecular formula is C27H35NO3S. The molecule has 1 heterocycles. The van der Waals surface area contributed by atoms with Crippen molar-refractivity contribution < 1.29 is 15.0 Å². The van der Waals surface area contributed by atoms with Crippen LogP contribution < -0.4 is 0 Å². The molecule has 3 aliphatic rings. The molecule has 4 rings (SSSR count). The minimum Gasteiger partial charge on any atom is -0.392 e. The van der Waals surface area contributed by atoms with Crippen LogP contribution in [0.4, 0.5) is 0 Å². The van der Waals surface area contributed by atoms with Gasteiger partial charge in [0.1, 0.15) is 0 Å². The fraction of sp³-hybridized carbons (Fsp3) is 0.556. The average Bonchev–Trinajstić information content (AvgIpc) is 3.47. The van der Waals surface area contributed by atoms with Crippen LogP contribution in [0.3, 0.4) is 0 Å². The molecule has 2 fully saturated rings. The molecule has 0 unspecified atom stereocenters. The number of hydrogen-bond donors (Lipinski definition) is 2. The summed E-state index contributed by atoms with van der Waals surface area (Å²) in [6.07, 6.45) is 10.7. The Bertz CT molecular complexity index is 902. The van der Waals surface area contributed by atoms with Crippen molar-refractivity contribution in [2.75, 3.05) is 13.1 Å². The number of thiocarbonyl (C=S) groups is 1. The number of nitrogens with zero attached hydrogens (tertiary/aromatic N) is 1. The highest BCUT2D eigenvalue weighted by molar-refractivity contribution is 7.80. The summed E-state index contributed by atoms with van der Waals surface area (Å²) in [5.74, 6) is 0.919. The summed E-state index contributed by atoms with van der Waals surface area (Å²) in [5.41, 5.74) is 3.50. The smallest absolute Gasteiger partial charge is 0.222 e. The topological polar surface area (TPSA) is 60.8 Å². The van der Waals surface area contributed by atoms with Crippen molar-refractivity contribution in [2.45, 2.75) is 64.1 Å². The number of hydrogen-bond acceptors (Lipinski definition) is 4. The van der Waals surface area contributed by atoms with Gasteiger partial charge in [0.15, 0.2) is 0 Å². The Morgan fingerprint density at radius 1 is 1.28 bits per heavy atom. The van der Waals surface area contributed by atoms with Gasteiger partial charge in [-0.3, -0.25) is 4.79 Å². The lowest BCUT2D eigenvalue weighted by Gasteiger charge is -2.19. The van der Waals surface area contributed by atoms with Gasteiger partial charge >= 0.3 is 0 Å². The van der Waals surface area contributed by atoms with Crippen LogP contribution in [0.15, 0.2) is 48.1 Å². The van der Waals surface area contributed by atoms with Crippen molar-refractivity contribution in [3.8, 4) is 0 Å². The van der Waals surface area contributed by atoms with Crippen molar-refractivity contribution in [2.24, 2.45) is 17.8 Å². The highest BCUT2D eigenvalue weighted by Crippen LogP contribution is 2.47. The van der Waals surface area contributed by atoms with Crippen LogP contribution in [0.1, 0.15) is 49.7 Å². The number of amides is 1. The maximum atomic E-state index is 12.3. The molecule has 1 amide bonds. The van der Waals surface area contributed by atoms with Crippen molar-refractivity contribution in [1.29, 1.82) is 0 Å². The van der Waals surface area contributed by atoms with Crippen LogP contribution in [0.2, 0.25) is 0 Å². The SMILES string of the molecule is Cc1cccc(C[C@H](O)C=C[C@@H]2[C@H]3CC(C(=S)CCC(=O)N4CCCC4)=C[C@H]3C[C@H]2O)c1. The summed E-state index contributed by atoms with van der Waals surface area (Å²) >= 11 is 5.68. The lowest BCUT2D eigenvalue weighted by molar-refractivity contribution is -0.129. The second-order valence-corrected chi connectivity index (χ2v) is 10.3. The first-order chi connectivity index (χ1) is 15.4. The van der Waals surface area contributed by atoms with E-state index in [0.717, 1.165) is 49.2 Å². The van der Waals surface area contributed by atoms with E-state index in [0.29, 0.717) is 31.1 Å². The Morgan fingerprint density at radius 2 is 2.06 bits per heavy atom. The van der Waals surface area contributed by atoms with E-state index in [1.54, 1.807) is 0 Å². The normalized spacial score (nSPS) is 28.2. The maximum absolute atomic E-state index is 12.3. The molecule has 2 aliphatic carbocycles. The Hall–Kier alpha value is -1.82. The maximum Gasteiger partial charge on any atom is 0.222 e. The molecule has 0 radical (unpaired) electrons. The number of rotatable bonds is 8. The number of carbonyl (C=O) groups is 1. The summed E-state index contributed by atoms with van der Waals surface area (Å²) < 4.78 is 0. The van der Waals surface area contributed by atoms with Gasteiger partial charge in [0, 0.05) is 36.7 Å². The number of aliphatic hydroxyl groups excluding tert-OH is 2. The summed E-state index contributed by atoms with van der Waals surface area (Å²) in [7, 11) is 0. The van der Waals surface area contributed by atoms with Crippen molar-refractivity contribution in [3.05, 3.63) is 59.2 Å². The van der Waals surface area contributed by atoms with Gasteiger partial charge in [-0.05, 0) is 62.0 Å². The monoisotopic (exact) mass is 453 g/mol. The van der Waals surface area contributed by atoms with E-state index in [9.17, 15) is 15.0 Å². The van der Waals surface area contributed by atoms with Gasteiger partial charge in [0.05, 0.1) is 12.2 Å². The Kier molecular flexibility index (Phi) is 7.59. The zero-order valence-electron chi connectivity index (χ0n) is 19.0. The van der Waals surface area contributed by atoms with Gasteiger partial charge in [-0.15, -0.1) is 0 Å². The number of likely N-dealkylation sites (tertiary alicyclic amines) is 1. The summed E-state index contributed by atoms with van der Waals surface area (Å²) in [6.45, 7) is 3.83. The minimum atomic E-state index is -0.561. The van der Waals surface area contributed by atoms with Crippen LogP contribution >= 0.6 is 12.2 Å². The first-order valence-corrected chi connectivity index (χ1v) is 12.4. The fourth-order valence-electron chi connectivity index (χ4n) is 5.63. The molecular weight excluding hydrogens is 418 g/mol. The third-order valence-electron chi connectivity index (χ3n) is 7.34. The molecule has 0 bridgehead atoms. The number of aryl methyl sites for hydroxylation is 1. The van der Waals surface area contributed by atoms with Gasteiger partial charge in [-0.25, -0.2) is 0 Å². The summed E-state index contributed by atoms with van der Waals surface area (Å²) in [6, 6.07) is 8.20. The lowest BCUT2D eigenvalue weighted by atomic mass is 9.88. The summed E-state index contributed by atoms with van der Waals surface area (Å²) in [4.78, 5) is 15.2. The molecule has 1 saturated heterocycles. The van der Waals surface area contributed by atoms with Gasteiger partial charge in [-0.2, -0.15) is 0 Å². The second kappa shape index (κ2) is 10.4. The molecule has 172 valence electrons. The van der Waals surface area contributed by atoms with Crippen LogP contribution in [0, 0.1) is 24.7 Å². The molecule has 1 aromatic rings. The van der Waals surface area contributed by atoms with E-state index < -0.39 is 6.10 Å². The van der Waals surface area contributed by atoms with Crippen molar-refractivity contribution in [1.82, 2.24) is 4.90 Å². The standard InChI is InChI=1S/C27H35NO3S/c1-18-5-4-6-19(13-18)14-22(29)7-8-23-24-16-21(15-20(24)17-25(23)30)26(32)9-10-27(31)28-11-2-3-12-28/h4-8,13,15,20,22-25,29-30H,2-3,9-12,14,16-17H2,1H3/t20-,22+,23+,24-,25+/m0/s1. The number of aliphatic hydroxyl groups is 2. The molecule has 0 aromatic heterocycles. The molecule has 2 N–H and O–H groups in total. The first kappa shape index (κ1) is 23.3. The highest BCUT2D eigenvalue weighted by atomic mass is 32.1. The predicted octanol–water partition coefficient (Wildman–Crippen LogP) is 4.17. The van der Waals surface area contributed by atoms with Crippen LogP contribution in [0.5, 0.6) is 0 Å². The molecule has 1 aliphatic heterocycles. The third kappa shape index (κ3) is 5.56. The molecule has 1 saturated carbocycles. The second-order valence-electron chi connectivity index (χ2n) is 9.76. The fourth-order valence-corrected chi connectivity index (χ4v) is 5.88. The molecule has 1 aromatic carbocycles. The lowest BCUT2D eigenvalue weighted by Crippen LogP contribution is -2.27. The van der Waals surface area contributed by atoms with Gasteiger partial charge in [0.2, 0.25) is 5.91 Å². The van der Waals surface area contributed by atoms with Gasteiger partial charge in [0.25, 0.3) is 0 Å². The van der Waals surface area contributed by atoms with Crippen LogP contribution in [-0.2, 0) is 11.2 Å². The minimum absolute atomic E-state index is 0.0370. The molecule has 0 spiro atoms. The Balaban J connectivity index is 1.30.